The van der Waals surface area contributed by atoms with Gasteiger partial charge in [-0.15, -0.1) is 0 Å². The summed E-state index contributed by atoms with van der Waals surface area (Å²) in [7, 11) is 1.83. The Hall–Kier alpha value is -2.90. The number of morpholine rings is 1. The predicted molar refractivity (Wildman–Crippen MR) is 115 cm³/mol. The van der Waals surface area contributed by atoms with E-state index in [2.05, 4.69) is 15.5 Å². The van der Waals surface area contributed by atoms with Crippen LogP contribution in [0, 0.1) is 6.92 Å². The minimum Gasteiger partial charge on any atom is -0.378 e. The van der Waals surface area contributed by atoms with Crippen molar-refractivity contribution in [1.29, 1.82) is 0 Å². The summed E-state index contributed by atoms with van der Waals surface area (Å²) in [5.74, 6) is -0.237. The van der Waals surface area contributed by atoms with Crippen LogP contribution in [0.2, 0.25) is 0 Å². The Labute approximate surface area is 171 Å². The number of carbonyl (C=O) groups excluding carboxylic acids is 2. The van der Waals surface area contributed by atoms with Crippen LogP contribution in [0.25, 0.3) is 0 Å². The third kappa shape index (κ3) is 6.58. The molecule has 0 aliphatic carbocycles. The lowest BCUT2D eigenvalue weighted by atomic mass is 10.2. The van der Waals surface area contributed by atoms with E-state index in [1.165, 1.54) is 0 Å². The van der Waals surface area contributed by atoms with Gasteiger partial charge in [0, 0.05) is 30.2 Å². The van der Waals surface area contributed by atoms with E-state index in [-0.39, 0.29) is 24.9 Å². The fraction of sp³-hybridized carbons (Fsp3) is 0.364. The maximum absolute atomic E-state index is 12.3. The molecule has 1 heterocycles. The maximum atomic E-state index is 12.3. The average molecular weight is 397 g/mol. The lowest BCUT2D eigenvalue weighted by molar-refractivity contribution is -0.862. The van der Waals surface area contributed by atoms with Crippen molar-refractivity contribution in [2.75, 3.05) is 62.0 Å². The van der Waals surface area contributed by atoms with Gasteiger partial charge in [-0.1, -0.05) is 17.7 Å². The van der Waals surface area contributed by atoms with Crippen molar-refractivity contribution in [3.63, 3.8) is 0 Å². The summed E-state index contributed by atoms with van der Waals surface area (Å²) >= 11 is 0. The number of anilines is 3. The standard InChI is InChI=1S/C22H28N4O3/c1-17-3-5-18(6-4-17)23-21(27)15-25(2)16-22(28)24-19-7-9-20(10-8-19)26-11-13-29-14-12-26/h3-10H,11-16H2,1-2H3,(H,23,27)(H,24,28)/p+1. The Bertz CT molecular complexity index is 815. The van der Waals surface area contributed by atoms with Crippen LogP contribution in [0.4, 0.5) is 17.1 Å². The summed E-state index contributed by atoms with van der Waals surface area (Å²) in [5, 5.41) is 5.75. The Kier molecular flexibility index (Phi) is 7.21. The van der Waals surface area contributed by atoms with Gasteiger partial charge in [0.15, 0.2) is 13.1 Å². The first-order valence-electron chi connectivity index (χ1n) is 9.90. The zero-order valence-corrected chi connectivity index (χ0v) is 17.0. The van der Waals surface area contributed by atoms with Gasteiger partial charge in [-0.05, 0) is 43.3 Å². The van der Waals surface area contributed by atoms with Gasteiger partial charge in [0.05, 0.1) is 20.3 Å². The molecular formula is C22H29N4O3+. The average Bonchev–Trinajstić information content (AvgIpc) is 2.70. The smallest absolute Gasteiger partial charge is 0.279 e. The third-order valence-corrected chi connectivity index (χ3v) is 4.79. The van der Waals surface area contributed by atoms with E-state index in [0.29, 0.717) is 0 Å². The van der Waals surface area contributed by atoms with Crippen LogP contribution in [-0.2, 0) is 14.3 Å². The second-order valence-corrected chi connectivity index (χ2v) is 7.42. The summed E-state index contributed by atoms with van der Waals surface area (Å²) < 4.78 is 5.37. The lowest BCUT2D eigenvalue weighted by Crippen LogP contribution is -3.11. The van der Waals surface area contributed by atoms with E-state index in [4.69, 9.17) is 4.74 Å². The lowest BCUT2D eigenvalue weighted by Gasteiger charge is -2.28. The molecule has 1 aliphatic heterocycles. The van der Waals surface area contributed by atoms with Crippen molar-refractivity contribution < 1.29 is 19.2 Å². The molecule has 1 atom stereocenters. The fourth-order valence-corrected chi connectivity index (χ4v) is 3.24. The number of likely N-dealkylation sites (N-methyl/N-ethyl adjacent to an activating group) is 1. The van der Waals surface area contributed by atoms with Gasteiger partial charge in [0.2, 0.25) is 0 Å². The number of rotatable bonds is 7. The highest BCUT2D eigenvalue weighted by atomic mass is 16.5. The van der Waals surface area contributed by atoms with Gasteiger partial charge in [-0.2, -0.15) is 0 Å². The van der Waals surface area contributed by atoms with Gasteiger partial charge in [0.1, 0.15) is 0 Å². The number of hydrogen-bond acceptors (Lipinski definition) is 4. The van der Waals surface area contributed by atoms with Gasteiger partial charge < -0.3 is 25.2 Å². The molecule has 154 valence electrons. The molecule has 2 aromatic rings. The highest BCUT2D eigenvalue weighted by Gasteiger charge is 2.15. The van der Waals surface area contributed by atoms with Crippen LogP contribution in [0.15, 0.2) is 48.5 Å². The molecule has 2 amide bonds. The molecule has 3 rings (SSSR count). The van der Waals surface area contributed by atoms with Gasteiger partial charge in [-0.25, -0.2) is 0 Å². The molecule has 1 fully saturated rings. The number of hydrogen-bond donors (Lipinski definition) is 3. The van der Waals surface area contributed by atoms with Crippen molar-refractivity contribution in [3.05, 3.63) is 54.1 Å². The summed E-state index contributed by atoms with van der Waals surface area (Å²) in [4.78, 5) is 27.5. The Morgan fingerprint density at radius 2 is 1.38 bits per heavy atom. The first kappa shape index (κ1) is 20.8. The molecule has 0 aromatic heterocycles. The van der Waals surface area contributed by atoms with E-state index in [1.807, 2.05) is 62.5 Å². The number of amides is 2. The second-order valence-electron chi connectivity index (χ2n) is 7.42. The van der Waals surface area contributed by atoms with Crippen molar-refractivity contribution in [3.8, 4) is 0 Å². The van der Waals surface area contributed by atoms with E-state index in [9.17, 15) is 9.59 Å². The number of ether oxygens (including phenoxy) is 1. The molecule has 3 N–H and O–H groups in total. The molecule has 0 saturated carbocycles. The minimum absolute atomic E-state index is 0.117. The zero-order chi connectivity index (χ0) is 20.6. The Morgan fingerprint density at radius 3 is 1.90 bits per heavy atom. The number of aryl methyl sites for hydroxylation is 1. The summed E-state index contributed by atoms with van der Waals surface area (Å²) in [5.41, 5.74) is 3.78. The Morgan fingerprint density at radius 1 is 0.897 bits per heavy atom. The number of nitrogens with zero attached hydrogens (tertiary/aromatic N) is 1. The molecule has 29 heavy (non-hydrogen) atoms. The minimum atomic E-state index is -0.121. The number of quaternary nitrogens is 1. The molecule has 2 aromatic carbocycles. The highest BCUT2D eigenvalue weighted by Crippen LogP contribution is 2.18. The second kappa shape index (κ2) is 10.0. The van der Waals surface area contributed by atoms with Crippen LogP contribution in [0.5, 0.6) is 0 Å². The summed E-state index contributed by atoms with van der Waals surface area (Å²) in [6, 6.07) is 15.5. The third-order valence-electron chi connectivity index (χ3n) is 4.79. The monoisotopic (exact) mass is 397 g/mol. The highest BCUT2D eigenvalue weighted by molar-refractivity contribution is 5.93. The molecule has 1 unspecified atom stereocenters. The van der Waals surface area contributed by atoms with Crippen molar-refractivity contribution in [1.82, 2.24) is 0 Å². The first-order valence-corrected chi connectivity index (χ1v) is 9.90. The zero-order valence-electron chi connectivity index (χ0n) is 17.0. The summed E-state index contributed by atoms with van der Waals surface area (Å²) in [6.45, 7) is 5.67. The van der Waals surface area contributed by atoms with Crippen LogP contribution < -0.4 is 20.4 Å². The largest absolute Gasteiger partial charge is 0.378 e. The molecule has 0 radical (unpaired) electrons. The quantitative estimate of drug-likeness (QED) is 0.650. The number of benzene rings is 2. The van der Waals surface area contributed by atoms with E-state index in [0.717, 1.165) is 53.8 Å². The molecule has 1 aliphatic rings. The van der Waals surface area contributed by atoms with Gasteiger partial charge in [0.25, 0.3) is 11.8 Å². The topological polar surface area (TPSA) is 75.1 Å². The number of carbonyl (C=O) groups is 2. The van der Waals surface area contributed by atoms with Crippen molar-refractivity contribution in [2.24, 2.45) is 0 Å². The van der Waals surface area contributed by atoms with Crippen molar-refractivity contribution in [2.45, 2.75) is 6.92 Å². The Balaban J connectivity index is 1.43. The van der Waals surface area contributed by atoms with E-state index < -0.39 is 0 Å². The maximum Gasteiger partial charge on any atom is 0.279 e. The normalized spacial score (nSPS) is 14.9. The van der Waals surface area contributed by atoms with Crippen LogP contribution in [0.3, 0.4) is 0 Å². The van der Waals surface area contributed by atoms with Crippen LogP contribution >= 0.6 is 0 Å². The molecule has 7 nitrogen and oxygen atoms in total. The fourth-order valence-electron chi connectivity index (χ4n) is 3.24. The molecule has 1 saturated heterocycles. The van der Waals surface area contributed by atoms with Gasteiger partial charge in [-0.3, -0.25) is 9.59 Å². The first-order chi connectivity index (χ1) is 14.0. The molecule has 0 bridgehead atoms. The van der Waals surface area contributed by atoms with E-state index in [1.54, 1.807) is 0 Å². The van der Waals surface area contributed by atoms with Crippen molar-refractivity contribution >= 4 is 28.9 Å². The number of nitrogens with one attached hydrogen (secondary N) is 3. The SMILES string of the molecule is Cc1ccc(NC(=O)C[NH+](C)CC(=O)Nc2ccc(N3CCOCC3)cc2)cc1. The van der Waals surface area contributed by atoms with Crippen LogP contribution in [0.1, 0.15) is 5.56 Å². The van der Waals surface area contributed by atoms with Crippen LogP contribution in [-0.4, -0.2) is 58.3 Å². The molecule has 7 heteroatoms. The predicted octanol–water partition coefficient (Wildman–Crippen LogP) is 0.924. The molecular weight excluding hydrogens is 368 g/mol. The molecule has 0 spiro atoms. The van der Waals surface area contributed by atoms with Gasteiger partial charge >= 0.3 is 0 Å². The summed E-state index contributed by atoms with van der Waals surface area (Å²) in [6.07, 6.45) is 0. The van der Waals surface area contributed by atoms with E-state index >= 15 is 0 Å².